The summed E-state index contributed by atoms with van der Waals surface area (Å²) in [7, 11) is 0. The van der Waals surface area contributed by atoms with Crippen LogP contribution in [0.25, 0.3) is 0 Å². The van der Waals surface area contributed by atoms with Crippen LogP contribution in [0, 0.1) is 11.8 Å². The van der Waals surface area contributed by atoms with Crippen LogP contribution in [0.15, 0.2) is 0 Å². The van der Waals surface area contributed by atoms with Crippen LogP contribution >= 0.6 is 12.4 Å². The Balaban J connectivity index is 0.00000161. The lowest BCUT2D eigenvalue weighted by atomic mass is 9.69. The van der Waals surface area contributed by atoms with Crippen LogP contribution in [0.5, 0.6) is 0 Å². The van der Waals surface area contributed by atoms with Crippen LogP contribution in [0.1, 0.15) is 57.8 Å². The molecule has 3 fully saturated rings. The van der Waals surface area contributed by atoms with Gasteiger partial charge in [0.15, 0.2) is 0 Å². The quantitative estimate of drug-likeness (QED) is 0.822. The van der Waals surface area contributed by atoms with Gasteiger partial charge in [-0.3, -0.25) is 4.79 Å². The molecule has 3 atom stereocenters. The predicted octanol–water partition coefficient (Wildman–Crippen LogP) is 2.39. The molecular weight excluding hydrogens is 288 g/mol. The number of rotatable bonds is 2. The smallest absolute Gasteiger partial charge is 0.240 e. The number of nitrogens with one attached hydrogen (secondary N) is 1. The molecule has 1 saturated heterocycles. The molecule has 2 aliphatic carbocycles. The largest absolute Gasteiger partial charge is 0.381 e. The van der Waals surface area contributed by atoms with Gasteiger partial charge in [-0.05, 0) is 43.9 Å². The first-order valence-corrected chi connectivity index (χ1v) is 8.35. The molecule has 2 saturated carbocycles. The summed E-state index contributed by atoms with van der Waals surface area (Å²) >= 11 is 0. The molecule has 1 heterocycles. The van der Waals surface area contributed by atoms with Crippen LogP contribution in [0.3, 0.4) is 0 Å². The minimum absolute atomic E-state index is 0. The van der Waals surface area contributed by atoms with E-state index in [1.807, 2.05) is 0 Å². The lowest BCUT2D eigenvalue weighted by Crippen LogP contribution is -2.59. The van der Waals surface area contributed by atoms with Crippen molar-refractivity contribution in [3.8, 4) is 0 Å². The number of hydrogen-bond donors (Lipinski definition) is 2. The zero-order chi connectivity index (χ0) is 14.0. The molecule has 0 spiro atoms. The first-order valence-electron chi connectivity index (χ1n) is 8.35. The SMILES string of the molecule is Cl.NC1(C(=O)NC2CCC3CCCCC3C2)CCOCC1. The van der Waals surface area contributed by atoms with E-state index in [2.05, 4.69) is 5.32 Å². The number of ether oxygens (including phenoxy) is 1. The molecule has 5 heteroatoms. The van der Waals surface area contributed by atoms with Gasteiger partial charge >= 0.3 is 0 Å². The third kappa shape index (κ3) is 3.91. The number of halogens is 1. The molecule has 0 bridgehead atoms. The second kappa shape index (κ2) is 7.30. The normalized spacial score (nSPS) is 35.2. The van der Waals surface area contributed by atoms with Gasteiger partial charge in [-0.15, -0.1) is 12.4 Å². The van der Waals surface area contributed by atoms with Gasteiger partial charge < -0.3 is 15.8 Å². The molecule has 1 amide bonds. The fraction of sp³-hybridized carbons (Fsp3) is 0.938. The summed E-state index contributed by atoms with van der Waals surface area (Å²) < 4.78 is 5.32. The van der Waals surface area contributed by atoms with Crippen molar-refractivity contribution in [2.75, 3.05) is 13.2 Å². The average Bonchev–Trinajstić information content (AvgIpc) is 2.48. The number of nitrogens with two attached hydrogens (primary N) is 1. The van der Waals surface area contributed by atoms with Crippen molar-refractivity contribution in [3.63, 3.8) is 0 Å². The number of carbonyl (C=O) groups is 1. The number of carbonyl (C=O) groups excluding carboxylic acids is 1. The fourth-order valence-electron chi connectivity index (χ4n) is 4.30. The molecule has 3 N–H and O–H groups in total. The lowest BCUT2D eigenvalue weighted by molar-refractivity contribution is -0.131. The topological polar surface area (TPSA) is 64.4 Å². The molecule has 0 aromatic rings. The summed E-state index contributed by atoms with van der Waals surface area (Å²) in [6, 6.07) is 0.352. The van der Waals surface area contributed by atoms with E-state index in [4.69, 9.17) is 10.5 Å². The van der Waals surface area contributed by atoms with Gasteiger partial charge in [0.2, 0.25) is 5.91 Å². The van der Waals surface area contributed by atoms with Crippen LogP contribution in [-0.4, -0.2) is 30.7 Å². The van der Waals surface area contributed by atoms with Crippen molar-refractivity contribution in [2.45, 2.75) is 69.4 Å². The summed E-state index contributed by atoms with van der Waals surface area (Å²) in [6.45, 7) is 1.22. The molecule has 1 aliphatic heterocycles. The molecule has 3 rings (SSSR count). The Morgan fingerprint density at radius 3 is 2.43 bits per heavy atom. The first-order chi connectivity index (χ1) is 9.67. The highest BCUT2D eigenvalue weighted by Gasteiger charge is 2.39. The van der Waals surface area contributed by atoms with E-state index < -0.39 is 5.54 Å². The monoisotopic (exact) mass is 316 g/mol. The third-order valence-electron chi connectivity index (χ3n) is 5.71. The van der Waals surface area contributed by atoms with E-state index in [9.17, 15) is 4.79 Å². The Morgan fingerprint density at radius 1 is 1.05 bits per heavy atom. The van der Waals surface area contributed by atoms with E-state index in [-0.39, 0.29) is 18.3 Å². The number of amides is 1. The molecule has 0 aromatic heterocycles. The van der Waals surface area contributed by atoms with Gasteiger partial charge in [0.05, 0.1) is 5.54 Å². The van der Waals surface area contributed by atoms with Gasteiger partial charge in [0, 0.05) is 19.3 Å². The lowest BCUT2D eigenvalue weighted by Gasteiger charge is -2.41. The highest BCUT2D eigenvalue weighted by Crippen LogP contribution is 2.40. The molecule has 0 radical (unpaired) electrons. The molecule has 0 aromatic carbocycles. The van der Waals surface area contributed by atoms with E-state index in [0.29, 0.717) is 32.1 Å². The van der Waals surface area contributed by atoms with Gasteiger partial charge in [-0.1, -0.05) is 25.7 Å². The Hall–Kier alpha value is -0.320. The summed E-state index contributed by atoms with van der Waals surface area (Å²) in [5.41, 5.74) is 5.57. The van der Waals surface area contributed by atoms with Gasteiger partial charge in [0.25, 0.3) is 0 Å². The maximum absolute atomic E-state index is 12.5. The standard InChI is InChI=1S/C16H28N2O2.ClH/c17-16(7-9-20-10-8-16)15(19)18-14-6-5-12-3-1-2-4-13(12)11-14;/h12-14H,1-11,17H2,(H,18,19);1H. The van der Waals surface area contributed by atoms with E-state index in [0.717, 1.165) is 18.3 Å². The minimum Gasteiger partial charge on any atom is -0.381 e. The zero-order valence-electron chi connectivity index (χ0n) is 12.8. The van der Waals surface area contributed by atoms with Crippen LogP contribution < -0.4 is 11.1 Å². The first kappa shape index (κ1) is 17.0. The van der Waals surface area contributed by atoms with Crippen LogP contribution in [0.4, 0.5) is 0 Å². The molecule has 4 nitrogen and oxygen atoms in total. The fourth-order valence-corrected chi connectivity index (χ4v) is 4.30. The Bertz CT molecular complexity index is 358. The summed E-state index contributed by atoms with van der Waals surface area (Å²) in [4.78, 5) is 12.5. The van der Waals surface area contributed by atoms with Gasteiger partial charge in [-0.2, -0.15) is 0 Å². The Labute approximate surface area is 134 Å². The highest BCUT2D eigenvalue weighted by molar-refractivity contribution is 5.86. The summed E-state index contributed by atoms with van der Waals surface area (Å²) in [6.07, 6.45) is 10.4. The molecule has 3 unspecified atom stereocenters. The zero-order valence-corrected chi connectivity index (χ0v) is 13.6. The maximum Gasteiger partial charge on any atom is 0.240 e. The second-order valence-corrected chi connectivity index (χ2v) is 7.06. The van der Waals surface area contributed by atoms with E-state index in [1.54, 1.807) is 0 Å². The Morgan fingerprint density at radius 2 is 1.71 bits per heavy atom. The molecular formula is C16H29ClN2O2. The maximum atomic E-state index is 12.5. The van der Waals surface area contributed by atoms with E-state index in [1.165, 1.54) is 38.5 Å². The summed E-state index contributed by atoms with van der Waals surface area (Å²) in [5.74, 6) is 1.82. The predicted molar refractivity (Wildman–Crippen MR) is 85.4 cm³/mol. The van der Waals surface area contributed by atoms with Crippen molar-refractivity contribution in [3.05, 3.63) is 0 Å². The van der Waals surface area contributed by atoms with E-state index >= 15 is 0 Å². The van der Waals surface area contributed by atoms with Crippen LogP contribution in [-0.2, 0) is 9.53 Å². The van der Waals surface area contributed by atoms with Crippen molar-refractivity contribution in [1.82, 2.24) is 5.32 Å². The van der Waals surface area contributed by atoms with Crippen molar-refractivity contribution < 1.29 is 9.53 Å². The number of hydrogen-bond acceptors (Lipinski definition) is 3. The van der Waals surface area contributed by atoms with Crippen molar-refractivity contribution in [1.29, 1.82) is 0 Å². The third-order valence-corrected chi connectivity index (χ3v) is 5.71. The van der Waals surface area contributed by atoms with Crippen molar-refractivity contribution >= 4 is 18.3 Å². The average molecular weight is 317 g/mol. The molecule has 3 aliphatic rings. The minimum atomic E-state index is -0.693. The second-order valence-electron chi connectivity index (χ2n) is 7.06. The van der Waals surface area contributed by atoms with Crippen molar-refractivity contribution in [2.24, 2.45) is 17.6 Å². The number of fused-ring (bicyclic) bond motifs is 1. The molecule has 122 valence electrons. The van der Waals surface area contributed by atoms with Gasteiger partial charge in [-0.25, -0.2) is 0 Å². The molecule has 21 heavy (non-hydrogen) atoms. The summed E-state index contributed by atoms with van der Waals surface area (Å²) in [5, 5.41) is 3.24. The Kier molecular flexibility index (Phi) is 5.92. The van der Waals surface area contributed by atoms with Crippen LogP contribution in [0.2, 0.25) is 0 Å². The van der Waals surface area contributed by atoms with Gasteiger partial charge in [0.1, 0.15) is 0 Å². The highest BCUT2D eigenvalue weighted by atomic mass is 35.5.